The molecule has 316 valence electrons. The Balaban J connectivity index is 1.22. The average molecular weight is 833 g/mol. The number of carbonyl (C=O) groups excluding carboxylic acids is 2. The molecule has 1 saturated heterocycles. The number of morpholine rings is 1. The number of nitrogens with zero attached hydrogens (tertiary/aromatic N) is 5. The van der Waals surface area contributed by atoms with E-state index < -0.39 is 23.4 Å². The van der Waals surface area contributed by atoms with Gasteiger partial charge in [0, 0.05) is 24.7 Å². The third-order valence-electron chi connectivity index (χ3n) is 11.1. The van der Waals surface area contributed by atoms with Gasteiger partial charge in [-0.2, -0.15) is 0 Å². The number of nitrogens with one attached hydrogen (secondary N) is 1. The van der Waals surface area contributed by atoms with Crippen LogP contribution in [0.15, 0.2) is 152 Å². The Morgan fingerprint density at radius 1 is 0.742 bits per heavy atom. The molecule has 0 saturated carbocycles. The highest BCUT2D eigenvalue weighted by Crippen LogP contribution is 2.44. The fraction of sp³-hybridized carbons (Fsp3) is 0.245. The summed E-state index contributed by atoms with van der Waals surface area (Å²) in [5, 5.41) is 2.90. The van der Waals surface area contributed by atoms with Crippen molar-refractivity contribution in [2.75, 3.05) is 45.8 Å². The van der Waals surface area contributed by atoms with E-state index in [4.69, 9.17) is 28.7 Å². The molecule has 0 unspecified atom stereocenters. The van der Waals surface area contributed by atoms with Crippen LogP contribution in [-0.4, -0.2) is 88.5 Å². The Labute approximate surface area is 360 Å². The summed E-state index contributed by atoms with van der Waals surface area (Å²) in [7, 11) is 3.27. The van der Waals surface area contributed by atoms with Gasteiger partial charge in [0.1, 0.15) is 41.9 Å². The molecular formula is C49H48N6O7. The van der Waals surface area contributed by atoms with Gasteiger partial charge in [0.2, 0.25) is 0 Å². The van der Waals surface area contributed by atoms with Crippen molar-refractivity contribution in [1.29, 1.82) is 0 Å². The quantitative estimate of drug-likeness (QED) is 0.0796. The van der Waals surface area contributed by atoms with Crippen molar-refractivity contribution in [3.8, 4) is 11.5 Å². The molecule has 1 amide bonds. The number of benzene rings is 5. The summed E-state index contributed by atoms with van der Waals surface area (Å²) < 4.78 is 33.9. The van der Waals surface area contributed by atoms with Crippen LogP contribution in [0.4, 0.5) is 5.82 Å². The monoisotopic (exact) mass is 832 g/mol. The molecular weight excluding hydrogens is 785 g/mol. The first-order chi connectivity index (χ1) is 30.2. The molecule has 1 N–H and O–H groups in total. The molecule has 5 aromatic carbocycles. The van der Waals surface area contributed by atoms with Crippen LogP contribution in [0.3, 0.4) is 0 Å². The third-order valence-corrected chi connectivity index (χ3v) is 11.1. The number of rotatable bonds is 15. The van der Waals surface area contributed by atoms with Crippen LogP contribution in [0.25, 0.3) is 11.2 Å². The van der Waals surface area contributed by atoms with E-state index in [1.807, 2.05) is 95.6 Å². The smallest absolute Gasteiger partial charge is 0.338 e. The Bertz CT molecular complexity index is 2540. The molecule has 1 aliphatic rings. The highest BCUT2D eigenvalue weighted by atomic mass is 16.6. The van der Waals surface area contributed by atoms with Crippen LogP contribution < -0.4 is 14.8 Å². The second-order valence-corrected chi connectivity index (χ2v) is 15.4. The van der Waals surface area contributed by atoms with E-state index >= 15 is 0 Å². The topological polar surface area (TPSA) is 139 Å². The first kappa shape index (κ1) is 41.8. The van der Waals surface area contributed by atoms with Gasteiger partial charge >= 0.3 is 5.97 Å². The van der Waals surface area contributed by atoms with E-state index in [9.17, 15) is 9.59 Å². The zero-order valence-corrected chi connectivity index (χ0v) is 35.0. The zero-order chi connectivity index (χ0) is 43.1. The molecule has 13 nitrogen and oxygen atoms in total. The molecule has 1 fully saturated rings. The van der Waals surface area contributed by atoms with Crippen molar-refractivity contribution in [2.24, 2.45) is 0 Å². The number of carbonyl (C=O) groups is 2. The summed E-state index contributed by atoms with van der Waals surface area (Å²) >= 11 is 0. The minimum absolute atomic E-state index is 0.0396. The van der Waals surface area contributed by atoms with Gasteiger partial charge in [0.25, 0.3) is 5.91 Å². The Hall–Kier alpha value is -6.93. The number of amides is 1. The highest BCUT2D eigenvalue weighted by Gasteiger charge is 2.48. The number of anilines is 1. The van der Waals surface area contributed by atoms with Crippen LogP contribution >= 0.6 is 0 Å². The molecule has 8 rings (SSSR count). The van der Waals surface area contributed by atoms with Crippen molar-refractivity contribution in [3.63, 3.8) is 0 Å². The predicted octanol–water partition coefficient (Wildman–Crippen LogP) is 7.94. The van der Waals surface area contributed by atoms with Crippen LogP contribution in [0, 0.1) is 0 Å². The fourth-order valence-electron chi connectivity index (χ4n) is 7.83. The first-order valence-electron chi connectivity index (χ1n) is 20.4. The molecule has 13 heteroatoms. The van der Waals surface area contributed by atoms with Crippen LogP contribution in [0.1, 0.15) is 57.5 Å². The largest absolute Gasteiger partial charge is 0.497 e. The van der Waals surface area contributed by atoms with E-state index in [-0.39, 0.29) is 31.0 Å². The maximum atomic E-state index is 13.7. The summed E-state index contributed by atoms with van der Waals surface area (Å²) in [5.41, 5.74) is 1.80. The molecule has 7 aromatic rings. The van der Waals surface area contributed by atoms with Gasteiger partial charge in [0.05, 0.1) is 32.7 Å². The van der Waals surface area contributed by atoms with Gasteiger partial charge in [0.15, 0.2) is 17.0 Å². The van der Waals surface area contributed by atoms with Crippen molar-refractivity contribution in [2.45, 2.75) is 37.3 Å². The van der Waals surface area contributed by atoms with Crippen LogP contribution in [-0.2, 0) is 19.8 Å². The summed E-state index contributed by atoms with van der Waals surface area (Å²) in [6.07, 6.45) is 2.33. The Kier molecular flexibility index (Phi) is 12.4. The maximum Gasteiger partial charge on any atom is 0.338 e. The average Bonchev–Trinajstić information content (AvgIpc) is 3.77. The second-order valence-electron chi connectivity index (χ2n) is 15.4. The number of methoxy groups -OCH3 is 2. The Morgan fingerprint density at radius 3 is 1.89 bits per heavy atom. The van der Waals surface area contributed by atoms with Gasteiger partial charge in [-0.1, -0.05) is 91.0 Å². The third kappa shape index (κ3) is 8.64. The van der Waals surface area contributed by atoms with Crippen molar-refractivity contribution in [1.82, 2.24) is 24.4 Å². The lowest BCUT2D eigenvalue weighted by Crippen LogP contribution is -2.61. The fourth-order valence-corrected chi connectivity index (χ4v) is 7.83. The Morgan fingerprint density at radius 2 is 1.31 bits per heavy atom. The van der Waals surface area contributed by atoms with Crippen molar-refractivity contribution in [3.05, 3.63) is 180 Å². The molecule has 2 aromatic heterocycles. The second kappa shape index (κ2) is 18.4. The van der Waals surface area contributed by atoms with Crippen molar-refractivity contribution < 1.29 is 33.3 Å². The van der Waals surface area contributed by atoms with Crippen LogP contribution in [0.2, 0.25) is 0 Å². The SMILES string of the molecule is COc1ccc(C(OC[C@@]2(COC(=O)c3ccccc3)CN(C(C)C)C[C@H](n3cnc4c(NC(=O)c5ccccc5)ncnc43)O2)(c2ccccc2)c2ccc(OC)cc2)cc1. The predicted molar refractivity (Wildman–Crippen MR) is 234 cm³/mol. The van der Waals surface area contributed by atoms with E-state index in [1.54, 1.807) is 69.1 Å². The standard InChI is InChI=1S/C49H48N6O7/c1-34(2)54-28-42(55-33-52-43-44(50-32-51-45(43)55)53-46(56)35-14-8-5-9-15-35)62-48(29-54,30-60-47(57)36-16-10-6-11-17-36)31-61-49(37-18-12-7-13-19-37,38-20-24-40(58-3)25-21-38)39-22-26-41(59-4)27-23-39/h5-27,32-34,42H,28-31H2,1-4H3,(H,50,51,53,56)/t42-,48+/m1/s1. The van der Waals surface area contributed by atoms with Crippen LogP contribution in [0.5, 0.6) is 11.5 Å². The molecule has 0 radical (unpaired) electrons. The van der Waals surface area contributed by atoms with Gasteiger partial charge in [-0.25, -0.2) is 19.7 Å². The number of hydrogen-bond donors (Lipinski definition) is 1. The van der Waals surface area contributed by atoms with E-state index in [2.05, 4.69) is 34.0 Å². The van der Waals surface area contributed by atoms with Gasteiger partial charge < -0.3 is 29.0 Å². The molecule has 3 heterocycles. The number of aromatic nitrogens is 4. The van der Waals surface area contributed by atoms with E-state index in [0.29, 0.717) is 46.9 Å². The zero-order valence-electron chi connectivity index (χ0n) is 35.0. The lowest BCUT2D eigenvalue weighted by atomic mass is 9.79. The van der Waals surface area contributed by atoms with E-state index in [0.717, 1.165) is 16.7 Å². The molecule has 0 bridgehead atoms. The summed E-state index contributed by atoms with van der Waals surface area (Å²) in [4.78, 5) is 42.9. The van der Waals surface area contributed by atoms with Gasteiger partial charge in [-0.15, -0.1) is 0 Å². The first-order valence-corrected chi connectivity index (χ1v) is 20.4. The number of fused-ring (bicyclic) bond motifs is 1. The maximum absolute atomic E-state index is 13.7. The minimum atomic E-state index is -1.26. The highest BCUT2D eigenvalue weighted by molar-refractivity contribution is 6.06. The number of esters is 1. The normalized spacial score (nSPS) is 16.8. The van der Waals surface area contributed by atoms with Gasteiger partial charge in [-0.3, -0.25) is 14.3 Å². The molecule has 0 aliphatic carbocycles. The lowest BCUT2D eigenvalue weighted by Gasteiger charge is -2.48. The molecule has 0 spiro atoms. The van der Waals surface area contributed by atoms with Gasteiger partial charge in [-0.05, 0) is 79.1 Å². The number of hydrogen-bond acceptors (Lipinski definition) is 11. The molecule has 1 aliphatic heterocycles. The lowest BCUT2D eigenvalue weighted by molar-refractivity contribution is -0.232. The molecule has 62 heavy (non-hydrogen) atoms. The number of ether oxygens (including phenoxy) is 5. The summed E-state index contributed by atoms with van der Waals surface area (Å²) in [6, 6.07) is 43.4. The molecule has 2 atom stereocenters. The minimum Gasteiger partial charge on any atom is -0.497 e. The van der Waals surface area contributed by atoms with E-state index in [1.165, 1.54) is 6.33 Å². The number of imidazole rings is 1. The van der Waals surface area contributed by atoms with Crippen molar-refractivity contribution >= 4 is 28.9 Å². The summed E-state index contributed by atoms with van der Waals surface area (Å²) in [5.74, 6) is 0.829. The summed E-state index contributed by atoms with van der Waals surface area (Å²) in [6.45, 7) is 4.81.